The number of carbonyl (C=O) groups excluding carboxylic acids is 1. The summed E-state index contributed by atoms with van der Waals surface area (Å²) in [6.45, 7) is 5.77. The molecule has 0 aliphatic carbocycles. The summed E-state index contributed by atoms with van der Waals surface area (Å²) in [5, 5.41) is 12.8. The molecule has 100 valence electrons. The fourth-order valence-electron chi connectivity index (χ4n) is 1.63. The highest BCUT2D eigenvalue weighted by molar-refractivity contribution is 5.77. The lowest BCUT2D eigenvalue weighted by Gasteiger charge is -2.17. The minimum Gasteiger partial charge on any atom is -0.496 e. The molecular weight excluding hydrogens is 230 g/mol. The number of carbonyl (C=O) groups is 1. The van der Waals surface area contributed by atoms with E-state index >= 15 is 0 Å². The maximum absolute atomic E-state index is 11.4. The summed E-state index contributed by atoms with van der Waals surface area (Å²) in [6, 6.07) is 5.60. The van der Waals surface area contributed by atoms with E-state index in [4.69, 9.17) is 4.74 Å². The fraction of sp³-hybridized carbons (Fsp3) is 0.500. The van der Waals surface area contributed by atoms with Crippen LogP contribution in [0.1, 0.15) is 31.1 Å². The Morgan fingerprint density at radius 2 is 2.11 bits per heavy atom. The van der Waals surface area contributed by atoms with E-state index in [1.54, 1.807) is 7.11 Å². The Bertz CT molecular complexity index is 416. The molecule has 18 heavy (non-hydrogen) atoms. The highest BCUT2D eigenvalue weighted by Gasteiger charge is 2.15. The molecule has 0 heterocycles. The van der Waals surface area contributed by atoms with Crippen LogP contribution in [-0.2, 0) is 4.79 Å². The van der Waals surface area contributed by atoms with Gasteiger partial charge in [-0.15, -0.1) is 0 Å². The molecule has 0 aliphatic rings. The highest BCUT2D eigenvalue weighted by Crippen LogP contribution is 2.25. The van der Waals surface area contributed by atoms with E-state index < -0.39 is 6.10 Å². The van der Waals surface area contributed by atoms with Gasteiger partial charge in [0.15, 0.2) is 0 Å². The average Bonchev–Trinajstić information content (AvgIpc) is 2.35. The van der Waals surface area contributed by atoms with Gasteiger partial charge in [-0.2, -0.15) is 0 Å². The minimum atomic E-state index is -0.762. The lowest BCUT2D eigenvalue weighted by atomic mass is 10.0. The average molecular weight is 251 g/mol. The summed E-state index contributed by atoms with van der Waals surface area (Å²) in [5.41, 5.74) is 1.74. The SMILES string of the molecule is COc1ccc(C)cc1C(O)CNC(=O)C(C)C. The predicted octanol–water partition coefficient (Wildman–Crippen LogP) is 1.81. The van der Waals surface area contributed by atoms with Crippen molar-refractivity contribution in [3.63, 3.8) is 0 Å². The number of hydrogen-bond acceptors (Lipinski definition) is 3. The van der Waals surface area contributed by atoms with Gasteiger partial charge in [-0.1, -0.05) is 25.5 Å². The van der Waals surface area contributed by atoms with Crippen LogP contribution in [0.25, 0.3) is 0 Å². The second-order valence-corrected chi connectivity index (χ2v) is 4.66. The van der Waals surface area contributed by atoms with Gasteiger partial charge < -0.3 is 15.2 Å². The maximum atomic E-state index is 11.4. The molecular formula is C14H21NO3. The molecule has 0 aromatic heterocycles. The number of aryl methyl sites for hydroxylation is 1. The van der Waals surface area contributed by atoms with Crippen molar-refractivity contribution >= 4 is 5.91 Å². The van der Waals surface area contributed by atoms with E-state index in [0.29, 0.717) is 11.3 Å². The first-order chi connectivity index (χ1) is 8.45. The third-order valence-corrected chi connectivity index (χ3v) is 2.74. The van der Waals surface area contributed by atoms with Gasteiger partial charge in [-0.05, 0) is 19.1 Å². The number of methoxy groups -OCH3 is 1. The number of ether oxygens (including phenoxy) is 1. The first-order valence-corrected chi connectivity index (χ1v) is 6.06. The Morgan fingerprint density at radius 3 is 2.67 bits per heavy atom. The first-order valence-electron chi connectivity index (χ1n) is 6.06. The molecule has 0 saturated heterocycles. The standard InChI is InChI=1S/C14H21NO3/c1-9(2)14(17)15-8-12(16)11-7-10(3)5-6-13(11)18-4/h5-7,9,12,16H,8H2,1-4H3,(H,15,17). The minimum absolute atomic E-state index is 0.0688. The van der Waals surface area contributed by atoms with E-state index in [1.807, 2.05) is 39.0 Å². The molecule has 0 aliphatic heterocycles. The smallest absolute Gasteiger partial charge is 0.222 e. The Morgan fingerprint density at radius 1 is 1.44 bits per heavy atom. The maximum Gasteiger partial charge on any atom is 0.222 e. The van der Waals surface area contributed by atoms with Gasteiger partial charge in [0.1, 0.15) is 5.75 Å². The molecule has 4 heteroatoms. The molecule has 1 aromatic carbocycles. The van der Waals surface area contributed by atoms with Gasteiger partial charge >= 0.3 is 0 Å². The summed E-state index contributed by atoms with van der Waals surface area (Å²) in [4.78, 5) is 11.4. The largest absolute Gasteiger partial charge is 0.496 e. The van der Waals surface area contributed by atoms with Crippen molar-refractivity contribution in [1.82, 2.24) is 5.32 Å². The molecule has 0 radical (unpaired) electrons. The van der Waals surface area contributed by atoms with Crippen molar-refractivity contribution in [2.24, 2.45) is 5.92 Å². The second-order valence-electron chi connectivity index (χ2n) is 4.66. The molecule has 1 amide bonds. The van der Waals surface area contributed by atoms with Crippen LogP contribution in [0.2, 0.25) is 0 Å². The third kappa shape index (κ3) is 3.74. The third-order valence-electron chi connectivity index (χ3n) is 2.74. The van der Waals surface area contributed by atoms with Crippen LogP contribution >= 0.6 is 0 Å². The van der Waals surface area contributed by atoms with Crippen LogP contribution in [-0.4, -0.2) is 24.7 Å². The number of hydrogen-bond donors (Lipinski definition) is 2. The van der Waals surface area contributed by atoms with Crippen LogP contribution in [0.4, 0.5) is 0 Å². The number of aliphatic hydroxyl groups is 1. The van der Waals surface area contributed by atoms with Crippen molar-refractivity contribution in [2.45, 2.75) is 26.9 Å². The monoisotopic (exact) mass is 251 g/mol. The topological polar surface area (TPSA) is 58.6 Å². The zero-order valence-corrected chi connectivity index (χ0v) is 11.4. The number of aliphatic hydroxyl groups excluding tert-OH is 1. The zero-order chi connectivity index (χ0) is 13.7. The van der Waals surface area contributed by atoms with Crippen molar-refractivity contribution in [3.8, 4) is 5.75 Å². The van der Waals surface area contributed by atoms with Crippen LogP contribution in [0.5, 0.6) is 5.75 Å². The Hall–Kier alpha value is -1.55. The lowest BCUT2D eigenvalue weighted by molar-refractivity contribution is -0.124. The van der Waals surface area contributed by atoms with Gasteiger partial charge in [0.25, 0.3) is 0 Å². The van der Waals surface area contributed by atoms with Crippen molar-refractivity contribution < 1.29 is 14.6 Å². The van der Waals surface area contributed by atoms with Crippen molar-refractivity contribution in [1.29, 1.82) is 0 Å². The molecule has 2 N–H and O–H groups in total. The molecule has 1 rings (SSSR count). The summed E-state index contributed by atoms with van der Waals surface area (Å²) < 4.78 is 5.20. The highest BCUT2D eigenvalue weighted by atomic mass is 16.5. The van der Waals surface area contributed by atoms with Gasteiger partial charge in [0.05, 0.1) is 13.2 Å². The normalized spacial score (nSPS) is 12.3. The first kappa shape index (κ1) is 14.5. The van der Waals surface area contributed by atoms with Crippen molar-refractivity contribution in [2.75, 3.05) is 13.7 Å². The predicted molar refractivity (Wildman–Crippen MR) is 70.5 cm³/mol. The van der Waals surface area contributed by atoms with Crippen LogP contribution in [0.3, 0.4) is 0 Å². The molecule has 0 bridgehead atoms. The molecule has 0 fully saturated rings. The van der Waals surface area contributed by atoms with E-state index in [2.05, 4.69) is 5.32 Å². The number of benzene rings is 1. The summed E-state index contributed by atoms with van der Waals surface area (Å²) in [5.74, 6) is 0.476. The summed E-state index contributed by atoms with van der Waals surface area (Å²) in [6.07, 6.45) is -0.762. The Balaban J connectivity index is 2.74. The molecule has 1 unspecified atom stereocenters. The molecule has 0 spiro atoms. The van der Waals surface area contributed by atoms with E-state index in [1.165, 1.54) is 0 Å². The van der Waals surface area contributed by atoms with E-state index in [-0.39, 0.29) is 18.4 Å². The van der Waals surface area contributed by atoms with Gasteiger partial charge in [0, 0.05) is 18.0 Å². The van der Waals surface area contributed by atoms with Gasteiger partial charge in [-0.25, -0.2) is 0 Å². The van der Waals surface area contributed by atoms with Crippen LogP contribution in [0.15, 0.2) is 18.2 Å². The summed E-state index contributed by atoms with van der Waals surface area (Å²) >= 11 is 0. The fourth-order valence-corrected chi connectivity index (χ4v) is 1.63. The Kier molecular flexibility index (Phi) is 5.16. The van der Waals surface area contributed by atoms with Gasteiger partial charge in [-0.3, -0.25) is 4.79 Å². The van der Waals surface area contributed by atoms with E-state index in [9.17, 15) is 9.90 Å². The number of rotatable bonds is 5. The van der Waals surface area contributed by atoms with Crippen molar-refractivity contribution in [3.05, 3.63) is 29.3 Å². The quantitative estimate of drug-likeness (QED) is 0.839. The molecule has 4 nitrogen and oxygen atoms in total. The number of nitrogens with one attached hydrogen (secondary N) is 1. The molecule has 1 atom stereocenters. The Labute approximate surface area is 108 Å². The van der Waals surface area contributed by atoms with Gasteiger partial charge in [0.2, 0.25) is 5.91 Å². The van der Waals surface area contributed by atoms with Crippen LogP contribution < -0.4 is 10.1 Å². The zero-order valence-electron chi connectivity index (χ0n) is 11.4. The second kappa shape index (κ2) is 6.40. The number of amides is 1. The molecule has 1 aromatic rings. The summed E-state index contributed by atoms with van der Waals surface area (Å²) in [7, 11) is 1.56. The molecule has 0 saturated carbocycles. The van der Waals surface area contributed by atoms with Crippen LogP contribution in [0, 0.1) is 12.8 Å². The van der Waals surface area contributed by atoms with E-state index in [0.717, 1.165) is 5.56 Å². The lowest BCUT2D eigenvalue weighted by Crippen LogP contribution is -2.31.